The van der Waals surface area contributed by atoms with Crippen molar-refractivity contribution in [3.8, 4) is 0 Å². The minimum Gasteiger partial charge on any atom is -0.370 e. The van der Waals surface area contributed by atoms with Crippen LogP contribution in [0.4, 0.5) is 15.9 Å². The van der Waals surface area contributed by atoms with Gasteiger partial charge in [0.1, 0.15) is 11.6 Å². The van der Waals surface area contributed by atoms with Crippen LogP contribution in [0.15, 0.2) is 42.6 Å². The summed E-state index contributed by atoms with van der Waals surface area (Å²) in [6.45, 7) is 5.80. The molecule has 2 heterocycles. The fourth-order valence-corrected chi connectivity index (χ4v) is 3.02. The Morgan fingerprint density at radius 3 is 2.46 bits per heavy atom. The lowest BCUT2D eigenvalue weighted by Crippen LogP contribution is -2.48. The van der Waals surface area contributed by atoms with Crippen molar-refractivity contribution in [2.75, 3.05) is 42.9 Å². The Kier molecular flexibility index (Phi) is 6.04. The number of halogens is 1. The molecule has 1 aliphatic heterocycles. The number of rotatable bonds is 6. The van der Waals surface area contributed by atoms with Gasteiger partial charge in [0, 0.05) is 44.6 Å². The van der Waals surface area contributed by atoms with Crippen molar-refractivity contribution in [2.45, 2.75) is 19.8 Å². The number of aromatic nitrogens is 1. The second kappa shape index (κ2) is 8.65. The van der Waals surface area contributed by atoms with Gasteiger partial charge in [0.05, 0.1) is 5.56 Å². The zero-order chi connectivity index (χ0) is 18.4. The molecule has 0 radical (unpaired) electrons. The molecule has 1 amide bonds. The molecule has 0 saturated carbocycles. The summed E-state index contributed by atoms with van der Waals surface area (Å²) in [7, 11) is 0. The summed E-state index contributed by atoms with van der Waals surface area (Å²) in [5.74, 6) is 0.579. The van der Waals surface area contributed by atoms with E-state index in [2.05, 4.69) is 22.1 Å². The Hall–Kier alpha value is -2.63. The first kappa shape index (κ1) is 18.2. The molecule has 3 rings (SSSR count). The number of pyridine rings is 1. The Morgan fingerprint density at radius 2 is 1.85 bits per heavy atom. The number of carbonyl (C=O) groups is 1. The van der Waals surface area contributed by atoms with E-state index in [1.54, 1.807) is 18.3 Å². The molecule has 6 heteroatoms. The molecule has 0 unspecified atom stereocenters. The fourth-order valence-electron chi connectivity index (χ4n) is 3.02. The monoisotopic (exact) mass is 356 g/mol. The van der Waals surface area contributed by atoms with Crippen LogP contribution in [0.1, 0.15) is 30.1 Å². The van der Waals surface area contributed by atoms with Gasteiger partial charge in [0.2, 0.25) is 0 Å². The predicted molar refractivity (Wildman–Crippen MR) is 102 cm³/mol. The molecular formula is C20H25FN4O. The molecule has 1 aromatic heterocycles. The molecule has 1 fully saturated rings. The first-order valence-corrected chi connectivity index (χ1v) is 9.17. The van der Waals surface area contributed by atoms with Gasteiger partial charge in [-0.3, -0.25) is 4.79 Å². The van der Waals surface area contributed by atoms with Crippen LogP contribution in [0.5, 0.6) is 0 Å². The van der Waals surface area contributed by atoms with Crippen molar-refractivity contribution in [2.24, 2.45) is 0 Å². The van der Waals surface area contributed by atoms with E-state index in [4.69, 9.17) is 0 Å². The average molecular weight is 356 g/mol. The van der Waals surface area contributed by atoms with Gasteiger partial charge < -0.3 is 15.1 Å². The third kappa shape index (κ3) is 4.50. The molecule has 5 nitrogen and oxygen atoms in total. The van der Waals surface area contributed by atoms with Gasteiger partial charge in [-0.1, -0.05) is 13.3 Å². The number of piperazine rings is 1. The molecular weight excluding hydrogens is 331 g/mol. The molecule has 2 aromatic rings. The highest BCUT2D eigenvalue weighted by atomic mass is 19.1. The van der Waals surface area contributed by atoms with Gasteiger partial charge in [-0.15, -0.1) is 0 Å². The lowest BCUT2D eigenvalue weighted by Gasteiger charge is -2.36. The van der Waals surface area contributed by atoms with E-state index in [-0.39, 0.29) is 11.7 Å². The Labute approximate surface area is 153 Å². The number of amides is 1. The van der Waals surface area contributed by atoms with Crippen molar-refractivity contribution < 1.29 is 9.18 Å². The van der Waals surface area contributed by atoms with Crippen LogP contribution in [0.25, 0.3) is 0 Å². The summed E-state index contributed by atoms with van der Waals surface area (Å²) in [4.78, 5) is 21.0. The fraction of sp³-hybridized carbons (Fsp3) is 0.400. The van der Waals surface area contributed by atoms with Crippen LogP contribution in [-0.4, -0.2) is 48.5 Å². The number of hydrogen-bond donors (Lipinski definition) is 1. The van der Waals surface area contributed by atoms with Gasteiger partial charge in [-0.2, -0.15) is 0 Å². The zero-order valence-corrected chi connectivity index (χ0v) is 15.1. The smallest absolute Gasteiger partial charge is 0.255 e. The summed E-state index contributed by atoms with van der Waals surface area (Å²) >= 11 is 0. The molecule has 1 N–H and O–H groups in total. The van der Waals surface area contributed by atoms with Crippen LogP contribution in [0.3, 0.4) is 0 Å². The highest BCUT2D eigenvalue weighted by Crippen LogP contribution is 2.18. The number of carbonyl (C=O) groups excluding carboxylic acids is 1. The summed E-state index contributed by atoms with van der Waals surface area (Å²) in [6.07, 6.45) is 3.87. The van der Waals surface area contributed by atoms with E-state index in [1.807, 2.05) is 17.0 Å². The van der Waals surface area contributed by atoms with Crippen molar-refractivity contribution >= 4 is 17.4 Å². The topological polar surface area (TPSA) is 48.5 Å². The number of benzene rings is 1. The number of unbranched alkanes of at least 4 members (excludes halogenated alkanes) is 1. The second-order valence-electron chi connectivity index (χ2n) is 6.47. The SMILES string of the molecule is CCCCNc1ccc(C(=O)N2CCN(c3ccc(F)cc3)CC2)cn1. The first-order chi connectivity index (χ1) is 12.7. The van der Waals surface area contributed by atoms with Crippen molar-refractivity contribution in [3.05, 3.63) is 54.0 Å². The largest absolute Gasteiger partial charge is 0.370 e. The van der Waals surface area contributed by atoms with E-state index in [9.17, 15) is 9.18 Å². The third-order valence-electron chi connectivity index (χ3n) is 4.61. The van der Waals surface area contributed by atoms with Crippen molar-refractivity contribution in [1.29, 1.82) is 0 Å². The van der Waals surface area contributed by atoms with E-state index in [1.165, 1.54) is 12.1 Å². The Bertz CT molecular complexity index is 710. The maximum absolute atomic E-state index is 13.0. The standard InChI is InChI=1S/C20H25FN4O/c1-2-3-10-22-19-9-4-16(15-23-19)20(26)25-13-11-24(12-14-25)18-7-5-17(21)6-8-18/h4-9,15H,2-3,10-14H2,1H3,(H,22,23). The van der Waals surface area contributed by atoms with E-state index in [0.29, 0.717) is 18.7 Å². The van der Waals surface area contributed by atoms with Crippen molar-refractivity contribution in [3.63, 3.8) is 0 Å². The first-order valence-electron chi connectivity index (χ1n) is 9.17. The molecule has 1 aliphatic rings. The molecule has 0 aliphatic carbocycles. The molecule has 0 atom stereocenters. The van der Waals surface area contributed by atoms with Gasteiger partial charge in [0.15, 0.2) is 0 Å². The second-order valence-corrected chi connectivity index (χ2v) is 6.47. The van der Waals surface area contributed by atoms with Crippen LogP contribution in [-0.2, 0) is 0 Å². The molecule has 1 saturated heterocycles. The average Bonchev–Trinajstić information content (AvgIpc) is 2.69. The van der Waals surface area contributed by atoms with Crippen molar-refractivity contribution in [1.82, 2.24) is 9.88 Å². The van der Waals surface area contributed by atoms with Crippen LogP contribution in [0, 0.1) is 5.82 Å². The van der Waals surface area contributed by atoms with Gasteiger partial charge >= 0.3 is 0 Å². The third-order valence-corrected chi connectivity index (χ3v) is 4.61. The van der Waals surface area contributed by atoms with Gasteiger partial charge in [-0.25, -0.2) is 9.37 Å². The Balaban J connectivity index is 1.53. The van der Waals surface area contributed by atoms with Gasteiger partial charge in [0.25, 0.3) is 5.91 Å². The van der Waals surface area contributed by atoms with E-state index >= 15 is 0 Å². The molecule has 26 heavy (non-hydrogen) atoms. The summed E-state index contributed by atoms with van der Waals surface area (Å²) in [5, 5.41) is 3.25. The normalized spacial score (nSPS) is 14.4. The zero-order valence-electron chi connectivity index (χ0n) is 15.1. The van der Waals surface area contributed by atoms with Crippen LogP contribution in [0.2, 0.25) is 0 Å². The molecule has 1 aromatic carbocycles. The summed E-state index contributed by atoms with van der Waals surface area (Å²) < 4.78 is 13.0. The predicted octanol–water partition coefficient (Wildman–Crippen LogP) is 3.40. The quantitative estimate of drug-likeness (QED) is 0.806. The maximum atomic E-state index is 13.0. The number of nitrogens with one attached hydrogen (secondary N) is 1. The minimum atomic E-state index is -0.234. The molecule has 138 valence electrons. The number of hydrogen-bond acceptors (Lipinski definition) is 4. The van der Waals surface area contributed by atoms with E-state index < -0.39 is 0 Å². The Morgan fingerprint density at radius 1 is 1.12 bits per heavy atom. The number of nitrogens with zero attached hydrogens (tertiary/aromatic N) is 3. The van der Waals surface area contributed by atoms with E-state index in [0.717, 1.165) is 44.0 Å². The molecule has 0 spiro atoms. The highest BCUT2D eigenvalue weighted by molar-refractivity contribution is 5.94. The summed E-state index contributed by atoms with van der Waals surface area (Å²) in [5.41, 5.74) is 1.60. The minimum absolute atomic E-state index is 0.0105. The lowest BCUT2D eigenvalue weighted by molar-refractivity contribution is 0.0746. The van der Waals surface area contributed by atoms with Crippen LogP contribution < -0.4 is 10.2 Å². The van der Waals surface area contributed by atoms with Gasteiger partial charge in [-0.05, 0) is 42.8 Å². The lowest BCUT2D eigenvalue weighted by atomic mass is 10.2. The summed E-state index contributed by atoms with van der Waals surface area (Å²) in [6, 6.07) is 10.2. The maximum Gasteiger partial charge on any atom is 0.255 e. The molecule has 0 bridgehead atoms. The number of anilines is 2. The van der Waals surface area contributed by atoms with Crippen LogP contribution >= 0.6 is 0 Å². The highest BCUT2D eigenvalue weighted by Gasteiger charge is 2.22.